The first-order valence-electron chi connectivity index (χ1n) is 9.11. The SMILES string of the molecule is CC(=O)Nc1cccc(Nc2nnc(SCc3cc(=O)oc4cc(C)ccc34)s2)c1. The van der Waals surface area contributed by atoms with Gasteiger partial charge in [0.2, 0.25) is 11.0 Å². The second kappa shape index (κ2) is 8.68. The molecule has 0 radical (unpaired) electrons. The quantitative estimate of drug-likeness (QED) is 0.325. The second-order valence-electron chi connectivity index (χ2n) is 6.64. The van der Waals surface area contributed by atoms with E-state index >= 15 is 0 Å². The van der Waals surface area contributed by atoms with Crippen molar-refractivity contribution in [2.45, 2.75) is 23.9 Å². The zero-order chi connectivity index (χ0) is 21.1. The van der Waals surface area contributed by atoms with Gasteiger partial charge in [-0.25, -0.2) is 4.79 Å². The van der Waals surface area contributed by atoms with E-state index in [0.29, 0.717) is 22.2 Å². The predicted molar refractivity (Wildman–Crippen MR) is 121 cm³/mol. The van der Waals surface area contributed by atoms with Crippen LogP contribution in [0.2, 0.25) is 0 Å². The van der Waals surface area contributed by atoms with Crippen LogP contribution in [0.4, 0.5) is 16.5 Å². The topological polar surface area (TPSA) is 97.1 Å². The van der Waals surface area contributed by atoms with Crippen molar-refractivity contribution in [3.05, 3.63) is 70.1 Å². The van der Waals surface area contributed by atoms with Gasteiger partial charge in [0.05, 0.1) is 0 Å². The average Bonchev–Trinajstić information content (AvgIpc) is 3.12. The second-order valence-corrected chi connectivity index (χ2v) is 8.84. The molecule has 0 aliphatic rings. The summed E-state index contributed by atoms with van der Waals surface area (Å²) in [6.45, 7) is 3.43. The minimum atomic E-state index is -0.359. The van der Waals surface area contributed by atoms with Crippen LogP contribution in [0.15, 0.2) is 62.1 Å². The van der Waals surface area contributed by atoms with E-state index in [2.05, 4.69) is 20.8 Å². The highest BCUT2D eigenvalue weighted by atomic mass is 32.2. The third kappa shape index (κ3) is 4.87. The number of benzene rings is 2. The molecule has 2 aromatic heterocycles. The normalized spacial score (nSPS) is 10.9. The number of aryl methyl sites for hydroxylation is 1. The first kappa shape index (κ1) is 20.1. The molecule has 30 heavy (non-hydrogen) atoms. The highest BCUT2D eigenvalue weighted by molar-refractivity contribution is 8.00. The molecule has 0 atom stereocenters. The number of hydrogen-bond donors (Lipinski definition) is 2. The van der Waals surface area contributed by atoms with Gasteiger partial charge in [-0.15, -0.1) is 10.2 Å². The Kier molecular flexibility index (Phi) is 5.82. The molecule has 0 aliphatic heterocycles. The maximum absolute atomic E-state index is 11.9. The smallest absolute Gasteiger partial charge is 0.336 e. The van der Waals surface area contributed by atoms with Gasteiger partial charge >= 0.3 is 5.63 Å². The number of carbonyl (C=O) groups is 1. The van der Waals surface area contributed by atoms with Crippen molar-refractivity contribution >= 4 is 56.5 Å². The summed E-state index contributed by atoms with van der Waals surface area (Å²) in [4.78, 5) is 23.1. The molecule has 2 aromatic carbocycles. The number of aromatic nitrogens is 2. The van der Waals surface area contributed by atoms with Crippen LogP contribution in [0.25, 0.3) is 11.0 Å². The third-order valence-corrected chi connectivity index (χ3v) is 6.20. The molecule has 7 nitrogen and oxygen atoms in total. The molecule has 9 heteroatoms. The Morgan fingerprint density at radius 1 is 1.13 bits per heavy atom. The summed E-state index contributed by atoms with van der Waals surface area (Å²) in [5.74, 6) is 0.456. The highest BCUT2D eigenvalue weighted by Crippen LogP contribution is 2.32. The number of hydrogen-bond acceptors (Lipinski definition) is 8. The number of thioether (sulfide) groups is 1. The van der Waals surface area contributed by atoms with Gasteiger partial charge in [-0.3, -0.25) is 4.79 Å². The molecule has 2 N–H and O–H groups in total. The molecule has 4 rings (SSSR count). The van der Waals surface area contributed by atoms with E-state index in [1.165, 1.54) is 36.1 Å². The van der Waals surface area contributed by atoms with Crippen molar-refractivity contribution in [3.8, 4) is 0 Å². The molecule has 0 saturated heterocycles. The van der Waals surface area contributed by atoms with Crippen LogP contribution in [0.5, 0.6) is 0 Å². The van der Waals surface area contributed by atoms with Crippen LogP contribution >= 0.6 is 23.1 Å². The van der Waals surface area contributed by atoms with Crippen molar-refractivity contribution in [2.24, 2.45) is 0 Å². The maximum Gasteiger partial charge on any atom is 0.336 e. The Morgan fingerprint density at radius 2 is 1.97 bits per heavy atom. The number of nitrogens with one attached hydrogen (secondary N) is 2. The summed E-state index contributed by atoms with van der Waals surface area (Å²) in [6.07, 6.45) is 0. The van der Waals surface area contributed by atoms with Crippen LogP contribution in [0, 0.1) is 6.92 Å². The summed E-state index contributed by atoms with van der Waals surface area (Å²) < 4.78 is 6.09. The first-order valence-corrected chi connectivity index (χ1v) is 10.9. The Hall–Kier alpha value is -3.17. The van der Waals surface area contributed by atoms with Gasteiger partial charge < -0.3 is 15.1 Å². The molecule has 0 bridgehead atoms. The Labute approximate surface area is 180 Å². The molecule has 1 amide bonds. The van der Waals surface area contributed by atoms with Crippen molar-refractivity contribution in [1.29, 1.82) is 0 Å². The number of rotatable bonds is 6. The number of amides is 1. The molecular weight excluding hydrogens is 420 g/mol. The molecular formula is C21H18N4O3S2. The van der Waals surface area contributed by atoms with E-state index in [1.807, 2.05) is 49.4 Å². The fourth-order valence-corrected chi connectivity index (χ4v) is 4.68. The van der Waals surface area contributed by atoms with Crippen LogP contribution in [0.1, 0.15) is 18.1 Å². The molecule has 0 aliphatic carbocycles. The minimum Gasteiger partial charge on any atom is -0.423 e. The van der Waals surface area contributed by atoms with Crippen molar-refractivity contribution < 1.29 is 9.21 Å². The molecule has 0 fully saturated rings. The summed E-state index contributed by atoms with van der Waals surface area (Å²) in [5.41, 5.74) is 3.68. The lowest BCUT2D eigenvalue weighted by molar-refractivity contribution is -0.114. The first-order chi connectivity index (χ1) is 14.5. The number of anilines is 3. The van der Waals surface area contributed by atoms with E-state index < -0.39 is 0 Å². The van der Waals surface area contributed by atoms with E-state index in [1.54, 1.807) is 0 Å². The van der Waals surface area contributed by atoms with Crippen molar-refractivity contribution in [3.63, 3.8) is 0 Å². The van der Waals surface area contributed by atoms with Gasteiger partial charge in [0.25, 0.3) is 0 Å². The Balaban J connectivity index is 1.46. The Bertz CT molecular complexity index is 1280. The summed E-state index contributed by atoms with van der Waals surface area (Å²) in [5, 5.41) is 15.9. The standard InChI is InChI=1S/C21H18N4O3S2/c1-12-6-7-17-14(9-19(27)28-18(17)8-12)11-29-21-25-24-20(30-21)23-16-5-3-4-15(10-16)22-13(2)26/h3-10H,11H2,1-2H3,(H,22,26)(H,23,24). The third-order valence-electron chi connectivity index (χ3n) is 4.18. The highest BCUT2D eigenvalue weighted by Gasteiger charge is 2.10. The fraction of sp³-hybridized carbons (Fsp3) is 0.143. The van der Waals surface area contributed by atoms with Gasteiger partial charge in [-0.05, 0) is 42.3 Å². The van der Waals surface area contributed by atoms with Gasteiger partial charge in [0, 0.05) is 35.5 Å². The molecule has 0 saturated carbocycles. The predicted octanol–water partition coefficient (Wildman–Crippen LogP) is 4.95. The molecule has 152 valence electrons. The lowest BCUT2D eigenvalue weighted by Crippen LogP contribution is -2.05. The number of nitrogens with zero attached hydrogens (tertiary/aromatic N) is 2. The van der Waals surface area contributed by atoms with E-state index in [4.69, 9.17) is 4.42 Å². The van der Waals surface area contributed by atoms with Crippen molar-refractivity contribution in [2.75, 3.05) is 10.6 Å². The molecule has 4 aromatic rings. The molecule has 0 spiro atoms. The zero-order valence-electron chi connectivity index (χ0n) is 16.3. The van der Waals surface area contributed by atoms with Gasteiger partial charge in [0.1, 0.15) is 5.58 Å². The number of carbonyl (C=O) groups excluding carboxylic acids is 1. The monoisotopic (exact) mass is 438 g/mol. The maximum atomic E-state index is 11.9. The molecule has 0 unspecified atom stereocenters. The van der Waals surface area contributed by atoms with Crippen LogP contribution in [-0.4, -0.2) is 16.1 Å². The van der Waals surface area contributed by atoms with Gasteiger partial charge in [0.15, 0.2) is 4.34 Å². The number of fused-ring (bicyclic) bond motifs is 1. The summed E-state index contributed by atoms with van der Waals surface area (Å²) in [7, 11) is 0. The summed E-state index contributed by atoms with van der Waals surface area (Å²) in [6, 6.07) is 14.7. The van der Waals surface area contributed by atoms with Crippen LogP contribution in [-0.2, 0) is 10.5 Å². The average molecular weight is 439 g/mol. The lowest BCUT2D eigenvalue weighted by Gasteiger charge is -2.06. The Morgan fingerprint density at radius 3 is 2.80 bits per heavy atom. The van der Waals surface area contributed by atoms with Crippen LogP contribution in [0.3, 0.4) is 0 Å². The largest absolute Gasteiger partial charge is 0.423 e. The zero-order valence-corrected chi connectivity index (χ0v) is 17.9. The summed E-state index contributed by atoms with van der Waals surface area (Å²) >= 11 is 2.93. The molecule has 2 heterocycles. The van der Waals surface area contributed by atoms with E-state index in [-0.39, 0.29) is 11.5 Å². The minimum absolute atomic E-state index is 0.126. The van der Waals surface area contributed by atoms with Crippen molar-refractivity contribution in [1.82, 2.24) is 10.2 Å². The fourth-order valence-electron chi connectivity index (χ4n) is 2.92. The van der Waals surface area contributed by atoms with Gasteiger partial charge in [-0.1, -0.05) is 41.3 Å². The van der Waals surface area contributed by atoms with Gasteiger partial charge in [-0.2, -0.15) is 0 Å². The van der Waals surface area contributed by atoms with E-state index in [0.717, 1.165) is 26.5 Å². The van der Waals surface area contributed by atoms with E-state index in [9.17, 15) is 9.59 Å². The lowest BCUT2D eigenvalue weighted by atomic mass is 10.1. The van der Waals surface area contributed by atoms with Crippen LogP contribution < -0.4 is 16.3 Å².